The van der Waals surface area contributed by atoms with Crippen LogP contribution in [0.4, 0.5) is 8.78 Å². The molecule has 9 nitrogen and oxygen atoms in total. The van der Waals surface area contributed by atoms with Crippen LogP contribution in [0.15, 0.2) is 41.2 Å². The second-order valence-electron chi connectivity index (χ2n) is 8.53. The molecule has 1 fully saturated rings. The van der Waals surface area contributed by atoms with Crippen LogP contribution in [0.5, 0.6) is 0 Å². The maximum atomic E-state index is 12.6. The SMILES string of the molecule is Cc1ccc(-c2noc(C)c2C(ONC(=O)c2cccnn2)C2CCC(OCC(F)F)CC2)cn1. The van der Waals surface area contributed by atoms with Crippen molar-refractivity contribution in [3.8, 4) is 11.3 Å². The van der Waals surface area contributed by atoms with Gasteiger partial charge in [-0.2, -0.15) is 5.10 Å². The summed E-state index contributed by atoms with van der Waals surface area (Å²) in [4.78, 5) is 22.9. The van der Waals surface area contributed by atoms with Crippen molar-refractivity contribution < 1.29 is 27.7 Å². The van der Waals surface area contributed by atoms with Crippen LogP contribution < -0.4 is 5.48 Å². The number of hydroxylamine groups is 1. The largest absolute Gasteiger partial charge is 0.372 e. The molecule has 0 saturated heterocycles. The average molecular weight is 488 g/mol. The predicted molar refractivity (Wildman–Crippen MR) is 120 cm³/mol. The maximum Gasteiger partial charge on any atom is 0.295 e. The molecule has 1 amide bonds. The summed E-state index contributed by atoms with van der Waals surface area (Å²) in [6.45, 7) is 3.10. The van der Waals surface area contributed by atoms with Crippen molar-refractivity contribution in [2.24, 2.45) is 5.92 Å². The van der Waals surface area contributed by atoms with Gasteiger partial charge in [0.05, 0.1) is 11.7 Å². The van der Waals surface area contributed by atoms with Gasteiger partial charge in [0.1, 0.15) is 24.2 Å². The van der Waals surface area contributed by atoms with E-state index in [1.165, 1.54) is 12.3 Å². The van der Waals surface area contributed by atoms with Crippen molar-refractivity contribution in [2.75, 3.05) is 6.61 Å². The molecule has 1 saturated carbocycles. The van der Waals surface area contributed by atoms with Crippen molar-refractivity contribution in [2.45, 2.75) is 58.2 Å². The Kier molecular flexibility index (Phi) is 8.09. The highest BCUT2D eigenvalue weighted by Crippen LogP contribution is 2.42. The Balaban J connectivity index is 1.57. The second kappa shape index (κ2) is 11.4. The lowest BCUT2D eigenvalue weighted by molar-refractivity contribution is -0.0784. The maximum absolute atomic E-state index is 12.6. The van der Waals surface area contributed by atoms with Crippen LogP contribution >= 0.6 is 0 Å². The molecule has 3 aromatic heterocycles. The summed E-state index contributed by atoms with van der Waals surface area (Å²) in [6.07, 6.45) is 2.34. The van der Waals surface area contributed by atoms with Gasteiger partial charge in [-0.25, -0.2) is 14.3 Å². The monoisotopic (exact) mass is 487 g/mol. The molecule has 0 bridgehead atoms. The third kappa shape index (κ3) is 6.23. The molecular formula is C24H27F2N5O4. The van der Waals surface area contributed by atoms with E-state index in [9.17, 15) is 13.6 Å². The van der Waals surface area contributed by atoms with Crippen molar-refractivity contribution >= 4 is 5.91 Å². The number of amides is 1. The number of aromatic nitrogens is 4. The van der Waals surface area contributed by atoms with E-state index in [1.807, 2.05) is 19.1 Å². The molecular weight excluding hydrogens is 460 g/mol. The fraction of sp³-hybridized carbons (Fsp3) is 0.458. The number of halogens is 2. The standard InChI is InChI=1S/C24H27F2N5O4/c1-14-5-6-17(12-27-14)22-21(15(2)34-30-22)23(35-31-24(32)19-4-3-11-28-29-19)16-7-9-18(10-8-16)33-13-20(25)26/h3-6,11-12,16,18,20,23H,7-10,13H2,1-2H3,(H,31,32). The van der Waals surface area contributed by atoms with E-state index in [1.54, 1.807) is 19.2 Å². The zero-order valence-corrected chi connectivity index (χ0v) is 19.5. The average Bonchev–Trinajstić information content (AvgIpc) is 3.25. The zero-order valence-electron chi connectivity index (χ0n) is 19.5. The summed E-state index contributed by atoms with van der Waals surface area (Å²) < 4.78 is 36.0. The van der Waals surface area contributed by atoms with Crippen LogP contribution in [0.3, 0.4) is 0 Å². The number of nitrogens with one attached hydrogen (secondary N) is 1. The molecule has 11 heteroatoms. The smallest absolute Gasteiger partial charge is 0.295 e. The summed E-state index contributed by atoms with van der Waals surface area (Å²) in [5.41, 5.74) is 5.50. The van der Waals surface area contributed by atoms with E-state index >= 15 is 0 Å². The number of carbonyl (C=O) groups excluding carboxylic acids is 1. The summed E-state index contributed by atoms with van der Waals surface area (Å²) in [7, 11) is 0. The highest BCUT2D eigenvalue weighted by Gasteiger charge is 2.35. The molecule has 0 aliphatic heterocycles. The van der Waals surface area contributed by atoms with Crippen LogP contribution in [0.25, 0.3) is 11.3 Å². The Hall–Kier alpha value is -3.31. The molecule has 1 aliphatic carbocycles. The molecule has 1 N–H and O–H groups in total. The number of hydrogen-bond donors (Lipinski definition) is 1. The minimum absolute atomic E-state index is 0.0428. The van der Waals surface area contributed by atoms with Gasteiger partial charge < -0.3 is 9.26 Å². The van der Waals surface area contributed by atoms with Gasteiger partial charge in [0.25, 0.3) is 12.3 Å². The number of pyridine rings is 1. The summed E-state index contributed by atoms with van der Waals surface area (Å²) in [6, 6.07) is 6.90. The van der Waals surface area contributed by atoms with Crippen molar-refractivity contribution in [3.05, 3.63) is 59.4 Å². The second-order valence-corrected chi connectivity index (χ2v) is 8.53. The highest BCUT2D eigenvalue weighted by atomic mass is 19.3. The topological polar surface area (TPSA) is 112 Å². The molecule has 0 spiro atoms. The van der Waals surface area contributed by atoms with Gasteiger partial charge in [-0.15, -0.1) is 5.10 Å². The van der Waals surface area contributed by atoms with Crippen LogP contribution in [0.2, 0.25) is 0 Å². The van der Waals surface area contributed by atoms with Gasteiger partial charge >= 0.3 is 0 Å². The molecule has 35 heavy (non-hydrogen) atoms. The first kappa shape index (κ1) is 24.8. The predicted octanol–water partition coefficient (Wildman–Crippen LogP) is 4.39. The number of alkyl halides is 2. The van der Waals surface area contributed by atoms with Crippen molar-refractivity contribution in [1.29, 1.82) is 0 Å². The lowest BCUT2D eigenvalue weighted by Crippen LogP contribution is -2.33. The van der Waals surface area contributed by atoms with E-state index in [4.69, 9.17) is 14.1 Å². The molecule has 3 heterocycles. The number of ether oxygens (including phenoxy) is 1. The van der Waals surface area contributed by atoms with Crippen molar-refractivity contribution in [3.63, 3.8) is 0 Å². The number of rotatable bonds is 9. The lowest BCUT2D eigenvalue weighted by Gasteiger charge is -2.33. The van der Waals surface area contributed by atoms with E-state index in [0.29, 0.717) is 42.7 Å². The Morgan fingerprint density at radius 2 is 2.00 bits per heavy atom. The Morgan fingerprint density at radius 3 is 2.66 bits per heavy atom. The summed E-state index contributed by atoms with van der Waals surface area (Å²) in [5.74, 6) is -0.0288. The molecule has 3 aromatic rings. The normalized spacial score (nSPS) is 19.0. The number of hydrogen-bond acceptors (Lipinski definition) is 8. The van der Waals surface area contributed by atoms with E-state index in [2.05, 4.69) is 25.8 Å². The van der Waals surface area contributed by atoms with Gasteiger partial charge in [0, 0.05) is 23.7 Å². The van der Waals surface area contributed by atoms with E-state index in [0.717, 1.165) is 11.3 Å². The van der Waals surface area contributed by atoms with E-state index in [-0.39, 0.29) is 17.7 Å². The molecule has 0 radical (unpaired) electrons. The minimum atomic E-state index is -2.49. The Morgan fingerprint density at radius 1 is 1.20 bits per heavy atom. The first-order valence-electron chi connectivity index (χ1n) is 11.4. The van der Waals surface area contributed by atoms with Crippen LogP contribution in [0.1, 0.15) is 59.3 Å². The Labute approximate surface area is 201 Å². The highest BCUT2D eigenvalue weighted by molar-refractivity contribution is 5.91. The third-order valence-corrected chi connectivity index (χ3v) is 6.07. The third-order valence-electron chi connectivity index (χ3n) is 6.07. The van der Waals surface area contributed by atoms with Gasteiger partial charge in [-0.1, -0.05) is 5.16 Å². The van der Waals surface area contributed by atoms with Gasteiger partial charge in [-0.3, -0.25) is 14.6 Å². The van der Waals surface area contributed by atoms with Crippen molar-refractivity contribution in [1.82, 2.24) is 25.8 Å². The number of nitrogens with zero attached hydrogens (tertiary/aromatic N) is 4. The first-order chi connectivity index (χ1) is 16.9. The van der Waals surface area contributed by atoms with Gasteiger partial charge in [-0.05, 0) is 69.7 Å². The molecule has 4 rings (SSSR count). The number of carbonyl (C=O) groups is 1. The molecule has 1 unspecified atom stereocenters. The number of aryl methyl sites for hydroxylation is 2. The van der Waals surface area contributed by atoms with Crippen LogP contribution in [-0.2, 0) is 9.57 Å². The first-order valence-corrected chi connectivity index (χ1v) is 11.4. The fourth-order valence-corrected chi connectivity index (χ4v) is 4.28. The molecule has 0 aromatic carbocycles. The fourth-order valence-electron chi connectivity index (χ4n) is 4.28. The molecule has 1 atom stereocenters. The van der Waals surface area contributed by atoms with Crippen LogP contribution in [0, 0.1) is 19.8 Å². The van der Waals surface area contributed by atoms with Crippen LogP contribution in [-0.4, -0.2) is 45.4 Å². The quantitative estimate of drug-likeness (QED) is 0.443. The summed E-state index contributed by atoms with van der Waals surface area (Å²) in [5, 5.41) is 11.8. The molecule has 1 aliphatic rings. The summed E-state index contributed by atoms with van der Waals surface area (Å²) >= 11 is 0. The zero-order chi connectivity index (χ0) is 24.8. The lowest BCUT2D eigenvalue weighted by atomic mass is 9.80. The van der Waals surface area contributed by atoms with Gasteiger partial charge in [0.2, 0.25) is 0 Å². The molecule has 186 valence electrons. The van der Waals surface area contributed by atoms with Gasteiger partial charge in [0.15, 0.2) is 5.69 Å². The minimum Gasteiger partial charge on any atom is -0.372 e. The Bertz CT molecular complexity index is 1100. The van der Waals surface area contributed by atoms with E-state index < -0.39 is 25.0 Å².